The summed E-state index contributed by atoms with van der Waals surface area (Å²) in [5.74, 6) is 0.327. The van der Waals surface area contributed by atoms with Gasteiger partial charge in [0, 0.05) is 6.07 Å². The molecule has 0 aliphatic carbocycles. The second-order valence-electron chi connectivity index (χ2n) is 3.12. The number of Topliss-reactive ketones (excluding diaryl/α,β-unsaturated/α-hetero) is 1. The number of ketones is 1. The van der Waals surface area contributed by atoms with Gasteiger partial charge in [-0.15, -0.1) is 0 Å². The van der Waals surface area contributed by atoms with Gasteiger partial charge in [-0.25, -0.2) is 8.78 Å². The summed E-state index contributed by atoms with van der Waals surface area (Å²) in [5, 5.41) is 0. The van der Waals surface area contributed by atoms with Gasteiger partial charge in [0.25, 0.3) is 6.43 Å². The van der Waals surface area contributed by atoms with Gasteiger partial charge < -0.3 is 9.47 Å². The SMILES string of the molecule is COc1ccc(C(C)=O)c(OCC(F)F)c1. The second-order valence-corrected chi connectivity index (χ2v) is 3.12. The van der Waals surface area contributed by atoms with E-state index in [0.29, 0.717) is 5.75 Å². The van der Waals surface area contributed by atoms with Gasteiger partial charge in [0.15, 0.2) is 5.78 Å². The van der Waals surface area contributed by atoms with Crippen molar-refractivity contribution in [2.45, 2.75) is 13.3 Å². The molecule has 0 atom stereocenters. The molecule has 0 aliphatic rings. The third kappa shape index (κ3) is 3.18. The van der Waals surface area contributed by atoms with Crippen molar-refractivity contribution < 1.29 is 23.0 Å². The average Bonchev–Trinajstić information content (AvgIpc) is 2.25. The number of carbonyl (C=O) groups excluding carboxylic acids is 1. The number of hydrogen-bond acceptors (Lipinski definition) is 3. The summed E-state index contributed by atoms with van der Waals surface area (Å²) in [6, 6.07) is 4.48. The Balaban J connectivity index is 2.96. The topological polar surface area (TPSA) is 35.5 Å². The van der Waals surface area contributed by atoms with E-state index < -0.39 is 13.0 Å². The summed E-state index contributed by atoms with van der Waals surface area (Å²) < 4.78 is 33.8. The van der Waals surface area contributed by atoms with E-state index in [9.17, 15) is 13.6 Å². The van der Waals surface area contributed by atoms with Gasteiger partial charge in [-0.05, 0) is 19.1 Å². The van der Waals surface area contributed by atoms with Crippen LogP contribution in [0.15, 0.2) is 18.2 Å². The smallest absolute Gasteiger partial charge is 0.272 e. The summed E-state index contributed by atoms with van der Waals surface area (Å²) in [5.41, 5.74) is 0.265. The first-order valence-corrected chi connectivity index (χ1v) is 4.64. The zero-order valence-electron chi connectivity index (χ0n) is 9.00. The van der Waals surface area contributed by atoms with Crippen molar-refractivity contribution >= 4 is 5.78 Å². The Morgan fingerprint density at radius 3 is 2.62 bits per heavy atom. The lowest BCUT2D eigenvalue weighted by Crippen LogP contribution is -2.09. The molecule has 0 unspecified atom stereocenters. The van der Waals surface area contributed by atoms with E-state index in [0.717, 1.165) is 0 Å². The molecule has 0 aromatic heterocycles. The molecular weight excluding hydrogens is 218 g/mol. The molecule has 0 saturated carbocycles. The number of methoxy groups -OCH3 is 1. The molecule has 0 bridgehead atoms. The minimum atomic E-state index is -2.58. The lowest BCUT2D eigenvalue weighted by molar-refractivity contribution is 0.0801. The first-order chi connectivity index (χ1) is 7.54. The zero-order valence-corrected chi connectivity index (χ0v) is 9.00. The highest BCUT2D eigenvalue weighted by atomic mass is 19.3. The Bertz CT molecular complexity index is 377. The van der Waals surface area contributed by atoms with Crippen LogP contribution in [-0.2, 0) is 0 Å². The summed E-state index contributed by atoms with van der Waals surface area (Å²) in [6.45, 7) is 0.602. The van der Waals surface area contributed by atoms with E-state index >= 15 is 0 Å². The number of alkyl halides is 2. The zero-order chi connectivity index (χ0) is 12.1. The Morgan fingerprint density at radius 2 is 2.12 bits per heavy atom. The van der Waals surface area contributed by atoms with E-state index in [4.69, 9.17) is 9.47 Å². The first kappa shape index (κ1) is 12.4. The van der Waals surface area contributed by atoms with Crippen LogP contribution in [0.4, 0.5) is 8.78 Å². The van der Waals surface area contributed by atoms with Crippen molar-refractivity contribution in [1.82, 2.24) is 0 Å². The quantitative estimate of drug-likeness (QED) is 0.729. The van der Waals surface area contributed by atoms with Crippen molar-refractivity contribution in [2.24, 2.45) is 0 Å². The van der Waals surface area contributed by atoms with Crippen LogP contribution in [0.3, 0.4) is 0 Å². The van der Waals surface area contributed by atoms with Gasteiger partial charge in [-0.2, -0.15) is 0 Å². The Hall–Kier alpha value is -1.65. The fraction of sp³-hybridized carbons (Fsp3) is 0.364. The molecule has 5 heteroatoms. The molecule has 0 aliphatic heterocycles. The van der Waals surface area contributed by atoms with E-state index in [-0.39, 0.29) is 17.1 Å². The van der Waals surface area contributed by atoms with Gasteiger partial charge in [-0.1, -0.05) is 0 Å². The number of ether oxygens (including phenoxy) is 2. The summed E-state index contributed by atoms with van der Waals surface area (Å²) in [4.78, 5) is 11.2. The molecule has 0 heterocycles. The fourth-order valence-corrected chi connectivity index (χ4v) is 1.19. The molecule has 0 spiro atoms. The molecule has 1 aromatic carbocycles. The molecule has 1 aromatic rings. The van der Waals surface area contributed by atoms with E-state index in [1.54, 1.807) is 6.07 Å². The molecule has 3 nitrogen and oxygen atoms in total. The minimum Gasteiger partial charge on any atom is -0.497 e. The lowest BCUT2D eigenvalue weighted by Gasteiger charge is -2.10. The molecule has 0 amide bonds. The highest BCUT2D eigenvalue weighted by Crippen LogP contribution is 2.25. The molecular formula is C11H12F2O3. The number of carbonyl (C=O) groups is 1. The van der Waals surface area contributed by atoms with Gasteiger partial charge in [-0.3, -0.25) is 4.79 Å². The van der Waals surface area contributed by atoms with Crippen LogP contribution in [0.25, 0.3) is 0 Å². The van der Waals surface area contributed by atoms with Crippen LogP contribution in [0.1, 0.15) is 17.3 Å². The van der Waals surface area contributed by atoms with Crippen molar-refractivity contribution in [2.75, 3.05) is 13.7 Å². The third-order valence-corrected chi connectivity index (χ3v) is 1.93. The van der Waals surface area contributed by atoms with Gasteiger partial charge in [0.1, 0.15) is 18.1 Å². The highest BCUT2D eigenvalue weighted by Gasteiger charge is 2.12. The Labute approximate surface area is 92.0 Å². The van der Waals surface area contributed by atoms with Gasteiger partial charge in [0.05, 0.1) is 12.7 Å². The lowest BCUT2D eigenvalue weighted by atomic mass is 10.1. The Morgan fingerprint density at radius 1 is 1.44 bits per heavy atom. The molecule has 0 radical (unpaired) electrons. The van der Waals surface area contributed by atoms with Crippen molar-refractivity contribution in [3.63, 3.8) is 0 Å². The molecule has 0 saturated heterocycles. The van der Waals surface area contributed by atoms with Gasteiger partial charge >= 0.3 is 0 Å². The Kier molecular flexibility index (Phi) is 4.22. The van der Waals surface area contributed by atoms with Crippen LogP contribution < -0.4 is 9.47 Å². The van der Waals surface area contributed by atoms with Crippen molar-refractivity contribution in [3.05, 3.63) is 23.8 Å². The maximum Gasteiger partial charge on any atom is 0.272 e. The molecule has 88 valence electrons. The standard InChI is InChI=1S/C11H12F2O3/c1-7(14)9-4-3-8(15-2)5-10(9)16-6-11(12)13/h3-5,11H,6H2,1-2H3. The largest absolute Gasteiger partial charge is 0.497 e. The summed E-state index contributed by atoms with van der Waals surface area (Å²) in [6.07, 6.45) is -2.58. The molecule has 0 fully saturated rings. The molecule has 0 N–H and O–H groups in total. The van der Waals surface area contributed by atoms with Crippen LogP contribution in [0.5, 0.6) is 11.5 Å². The van der Waals surface area contributed by atoms with Crippen molar-refractivity contribution in [1.29, 1.82) is 0 Å². The summed E-state index contributed by atoms with van der Waals surface area (Å²) >= 11 is 0. The second kappa shape index (κ2) is 5.44. The number of halogens is 2. The third-order valence-electron chi connectivity index (χ3n) is 1.93. The normalized spacial score (nSPS) is 10.3. The number of benzene rings is 1. The average molecular weight is 230 g/mol. The van der Waals surface area contributed by atoms with E-state index in [1.807, 2.05) is 0 Å². The minimum absolute atomic E-state index is 0.118. The summed E-state index contributed by atoms with van der Waals surface area (Å²) in [7, 11) is 1.44. The molecule has 1 rings (SSSR count). The number of rotatable bonds is 5. The maximum atomic E-state index is 12.0. The maximum absolute atomic E-state index is 12.0. The number of hydrogen-bond donors (Lipinski definition) is 0. The predicted molar refractivity (Wildman–Crippen MR) is 54.5 cm³/mol. The van der Waals surface area contributed by atoms with E-state index in [1.165, 1.54) is 26.2 Å². The first-order valence-electron chi connectivity index (χ1n) is 4.64. The van der Waals surface area contributed by atoms with Crippen LogP contribution in [-0.4, -0.2) is 25.9 Å². The molecule has 16 heavy (non-hydrogen) atoms. The van der Waals surface area contributed by atoms with Crippen LogP contribution >= 0.6 is 0 Å². The highest BCUT2D eigenvalue weighted by molar-refractivity contribution is 5.97. The monoisotopic (exact) mass is 230 g/mol. The van der Waals surface area contributed by atoms with Gasteiger partial charge in [0.2, 0.25) is 0 Å². The van der Waals surface area contributed by atoms with Crippen molar-refractivity contribution in [3.8, 4) is 11.5 Å². The predicted octanol–water partition coefficient (Wildman–Crippen LogP) is 2.54. The van der Waals surface area contributed by atoms with E-state index in [2.05, 4.69) is 0 Å². The van der Waals surface area contributed by atoms with Crippen LogP contribution in [0.2, 0.25) is 0 Å². The fourth-order valence-electron chi connectivity index (χ4n) is 1.19. The van der Waals surface area contributed by atoms with Crippen LogP contribution in [0, 0.1) is 0 Å².